The van der Waals surface area contributed by atoms with Gasteiger partial charge in [-0.25, -0.2) is 0 Å². The van der Waals surface area contributed by atoms with Crippen LogP contribution in [0, 0.1) is 0 Å². The van der Waals surface area contributed by atoms with Crippen LogP contribution in [-0.2, 0) is 9.59 Å². The van der Waals surface area contributed by atoms with Crippen LogP contribution < -0.4 is 30.2 Å². The average Bonchev–Trinajstić information content (AvgIpc) is 3.04. The van der Waals surface area contributed by atoms with E-state index in [1.54, 1.807) is 86.0 Å². The van der Waals surface area contributed by atoms with Crippen LogP contribution >= 0.6 is 11.8 Å². The molecule has 4 aromatic rings. The van der Waals surface area contributed by atoms with Gasteiger partial charge in [0.25, 0.3) is 11.8 Å². The summed E-state index contributed by atoms with van der Waals surface area (Å²) in [5.74, 6) is 0.555. The number of para-hydroxylation sites is 2. The second-order valence-corrected chi connectivity index (χ2v) is 10.1. The zero-order valence-corrected chi connectivity index (χ0v) is 24.7. The van der Waals surface area contributed by atoms with E-state index in [0.29, 0.717) is 39.8 Å². The molecule has 0 unspecified atom stereocenters. The fourth-order valence-electron chi connectivity index (χ4n) is 4.00. The van der Waals surface area contributed by atoms with Crippen LogP contribution in [-0.4, -0.2) is 44.8 Å². The van der Waals surface area contributed by atoms with Gasteiger partial charge in [0.2, 0.25) is 5.91 Å². The number of carbonyl (C=O) groups is 3. The Hall–Kier alpha value is -5.22. The van der Waals surface area contributed by atoms with Crippen molar-refractivity contribution in [2.45, 2.75) is 4.90 Å². The second kappa shape index (κ2) is 15.1. The summed E-state index contributed by atoms with van der Waals surface area (Å²) in [5.41, 5.74) is 1.99. The van der Waals surface area contributed by atoms with Gasteiger partial charge in [0.05, 0.1) is 32.8 Å². The first-order chi connectivity index (χ1) is 20.9. The summed E-state index contributed by atoms with van der Waals surface area (Å²) in [4.78, 5) is 39.9. The van der Waals surface area contributed by atoms with Gasteiger partial charge in [-0.1, -0.05) is 36.4 Å². The maximum absolute atomic E-state index is 13.5. The zero-order chi connectivity index (χ0) is 30.6. The lowest BCUT2D eigenvalue weighted by Crippen LogP contribution is -2.30. The molecule has 0 aromatic heterocycles. The molecule has 0 radical (unpaired) electrons. The molecule has 0 saturated heterocycles. The SMILES string of the molecule is COc1ccc(OC)c(/C=C(/NC(=O)c2ccccc2)C(=O)Nc2cccc(SCC(=O)Nc3ccccc3OC)c2)c1. The third-order valence-corrected chi connectivity index (χ3v) is 7.10. The molecule has 0 fully saturated rings. The highest BCUT2D eigenvalue weighted by Gasteiger charge is 2.17. The largest absolute Gasteiger partial charge is 0.497 e. The lowest BCUT2D eigenvalue weighted by Gasteiger charge is -2.14. The molecule has 3 amide bonds. The van der Waals surface area contributed by atoms with Crippen molar-refractivity contribution in [3.8, 4) is 17.2 Å². The van der Waals surface area contributed by atoms with Crippen LogP contribution in [0.4, 0.5) is 11.4 Å². The number of amides is 3. The highest BCUT2D eigenvalue weighted by molar-refractivity contribution is 8.00. The van der Waals surface area contributed by atoms with Crippen LogP contribution in [0.3, 0.4) is 0 Å². The van der Waals surface area contributed by atoms with E-state index in [9.17, 15) is 14.4 Å². The van der Waals surface area contributed by atoms with Crippen molar-refractivity contribution < 1.29 is 28.6 Å². The molecule has 0 aliphatic heterocycles. The van der Waals surface area contributed by atoms with E-state index in [2.05, 4.69) is 16.0 Å². The third-order valence-electron chi connectivity index (χ3n) is 6.11. The fourth-order valence-corrected chi connectivity index (χ4v) is 4.75. The van der Waals surface area contributed by atoms with Gasteiger partial charge >= 0.3 is 0 Å². The molecule has 0 spiro atoms. The molecule has 3 N–H and O–H groups in total. The Morgan fingerprint density at radius 2 is 1.49 bits per heavy atom. The third kappa shape index (κ3) is 8.64. The molecule has 0 bridgehead atoms. The number of hydrogen-bond acceptors (Lipinski definition) is 7. The van der Waals surface area contributed by atoms with Crippen LogP contribution in [0.1, 0.15) is 15.9 Å². The normalized spacial score (nSPS) is 10.8. The van der Waals surface area contributed by atoms with Gasteiger partial charge in [-0.3, -0.25) is 14.4 Å². The van der Waals surface area contributed by atoms with Crippen molar-refractivity contribution in [2.75, 3.05) is 37.7 Å². The van der Waals surface area contributed by atoms with Crippen LogP contribution in [0.2, 0.25) is 0 Å². The van der Waals surface area contributed by atoms with Crippen molar-refractivity contribution in [1.29, 1.82) is 0 Å². The summed E-state index contributed by atoms with van der Waals surface area (Å²) in [7, 11) is 4.59. The Kier molecular flexibility index (Phi) is 10.8. The molecular weight excluding hydrogens is 566 g/mol. The minimum Gasteiger partial charge on any atom is -0.497 e. The Balaban J connectivity index is 1.51. The van der Waals surface area contributed by atoms with E-state index >= 15 is 0 Å². The van der Waals surface area contributed by atoms with Crippen molar-refractivity contribution >= 4 is 46.9 Å². The fraction of sp³-hybridized carbons (Fsp3) is 0.121. The van der Waals surface area contributed by atoms with Gasteiger partial charge in [-0.15, -0.1) is 11.8 Å². The lowest BCUT2D eigenvalue weighted by molar-refractivity contribution is -0.114. The Labute approximate surface area is 254 Å². The van der Waals surface area contributed by atoms with Crippen molar-refractivity contribution in [3.63, 3.8) is 0 Å². The Morgan fingerprint density at radius 3 is 2.23 bits per heavy atom. The van der Waals surface area contributed by atoms with Gasteiger partial charge in [0.15, 0.2) is 0 Å². The standard InChI is InChI=1S/C33H31N3O6S/c1-40-25-16-17-29(41-2)23(18-25)19-28(36-32(38)22-10-5-4-6-11-22)33(39)34-24-12-9-13-26(20-24)43-21-31(37)35-27-14-7-8-15-30(27)42-3/h4-20H,21H2,1-3H3,(H,34,39)(H,35,37)(H,36,38)/b28-19+. The summed E-state index contributed by atoms with van der Waals surface area (Å²) in [6.45, 7) is 0. The van der Waals surface area contributed by atoms with E-state index in [1.807, 2.05) is 18.2 Å². The lowest BCUT2D eigenvalue weighted by atomic mass is 10.1. The van der Waals surface area contributed by atoms with E-state index in [4.69, 9.17) is 14.2 Å². The number of anilines is 2. The summed E-state index contributed by atoms with van der Waals surface area (Å²) in [5, 5.41) is 8.41. The number of nitrogens with one attached hydrogen (secondary N) is 3. The van der Waals surface area contributed by atoms with E-state index in [-0.39, 0.29) is 17.4 Å². The summed E-state index contributed by atoms with van der Waals surface area (Å²) < 4.78 is 16.1. The van der Waals surface area contributed by atoms with Crippen LogP contribution in [0.25, 0.3) is 6.08 Å². The predicted octanol–water partition coefficient (Wildman–Crippen LogP) is 5.85. The summed E-state index contributed by atoms with van der Waals surface area (Å²) >= 11 is 1.31. The number of thioether (sulfide) groups is 1. The average molecular weight is 598 g/mol. The van der Waals surface area contributed by atoms with Gasteiger partial charge in [0, 0.05) is 21.7 Å². The maximum atomic E-state index is 13.5. The monoisotopic (exact) mass is 597 g/mol. The first-order valence-electron chi connectivity index (χ1n) is 13.2. The predicted molar refractivity (Wildman–Crippen MR) is 169 cm³/mol. The minimum atomic E-state index is -0.551. The second-order valence-electron chi connectivity index (χ2n) is 9.01. The van der Waals surface area contributed by atoms with Crippen molar-refractivity contribution in [2.24, 2.45) is 0 Å². The van der Waals surface area contributed by atoms with E-state index in [1.165, 1.54) is 32.1 Å². The number of methoxy groups -OCH3 is 3. The van der Waals surface area contributed by atoms with Crippen molar-refractivity contribution in [3.05, 3.63) is 114 Å². The van der Waals surface area contributed by atoms with Crippen molar-refractivity contribution in [1.82, 2.24) is 5.32 Å². The summed E-state index contributed by atoms with van der Waals surface area (Å²) in [6.07, 6.45) is 1.53. The van der Waals surface area contributed by atoms with Crippen LogP contribution in [0.5, 0.6) is 17.2 Å². The Bertz CT molecular complexity index is 1620. The minimum absolute atomic E-state index is 0.00496. The van der Waals surface area contributed by atoms with E-state index in [0.717, 1.165) is 4.90 Å². The smallest absolute Gasteiger partial charge is 0.272 e. The Morgan fingerprint density at radius 1 is 0.744 bits per heavy atom. The van der Waals surface area contributed by atoms with Crippen LogP contribution in [0.15, 0.2) is 108 Å². The molecule has 4 aromatic carbocycles. The number of hydrogen-bond donors (Lipinski definition) is 3. The quantitative estimate of drug-likeness (QED) is 0.139. The molecule has 0 aliphatic rings. The number of carbonyl (C=O) groups excluding carboxylic acids is 3. The molecule has 9 nitrogen and oxygen atoms in total. The molecule has 220 valence electrons. The molecule has 10 heteroatoms. The van der Waals surface area contributed by atoms with E-state index < -0.39 is 11.8 Å². The van der Waals surface area contributed by atoms with Gasteiger partial charge in [-0.05, 0) is 66.7 Å². The zero-order valence-electron chi connectivity index (χ0n) is 23.9. The molecule has 4 rings (SSSR count). The number of ether oxygens (including phenoxy) is 3. The molecule has 0 atom stereocenters. The topological polar surface area (TPSA) is 115 Å². The number of rotatable bonds is 12. The molecule has 0 saturated carbocycles. The molecule has 0 aliphatic carbocycles. The summed E-state index contributed by atoms with van der Waals surface area (Å²) in [6, 6.07) is 28.0. The highest BCUT2D eigenvalue weighted by Crippen LogP contribution is 2.28. The van der Waals surface area contributed by atoms with Gasteiger partial charge in [0.1, 0.15) is 22.9 Å². The first-order valence-corrected chi connectivity index (χ1v) is 14.2. The maximum Gasteiger partial charge on any atom is 0.272 e. The number of benzene rings is 4. The molecular formula is C33H31N3O6S. The first kappa shape index (κ1) is 30.7. The highest BCUT2D eigenvalue weighted by atomic mass is 32.2. The molecule has 43 heavy (non-hydrogen) atoms. The molecule has 0 heterocycles. The van der Waals surface area contributed by atoms with Gasteiger partial charge in [-0.2, -0.15) is 0 Å². The van der Waals surface area contributed by atoms with Gasteiger partial charge < -0.3 is 30.2 Å².